The van der Waals surface area contributed by atoms with E-state index in [9.17, 15) is 0 Å². The zero-order chi connectivity index (χ0) is 16.9. The van der Waals surface area contributed by atoms with Gasteiger partial charge in [-0.25, -0.2) is 0 Å². The van der Waals surface area contributed by atoms with Gasteiger partial charge in [0.05, 0.1) is 6.04 Å². The van der Waals surface area contributed by atoms with E-state index in [-0.39, 0.29) is 6.04 Å². The molecule has 24 heavy (non-hydrogen) atoms. The number of nitrogens with zero attached hydrogens (tertiary/aromatic N) is 1. The van der Waals surface area contributed by atoms with Crippen LogP contribution in [0.4, 0.5) is 5.69 Å². The van der Waals surface area contributed by atoms with Gasteiger partial charge >= 0.3 is 0 Å². The van der Waals surface area contributed by atoms with Gasteiger partial charge in [0, 0.05) is 10.2 Å². The van der Waals surface area contributed by atoms with E-state index < -0.39 is 0 Å². The summed E-state index contributed by atoms with van der Waals surface area (Å²) in [6.07, 6.45) is 2.53. The van der Waals surface area contributed by atoms with Crippen LogP contribution in [0.2, 0.25) is 0 Å². The predicted octanol–water partition coefficient (Wildman–Crippen LogP) is 4.05. The number of halogens is 1. The smallest absolute Gasteiger partial charge is 0.0597 e. The van der Waals surface area contributed by atoms with Gasteiger partial charge in [-0.05, 0) is 74.8 Å². The van der Waals surface area contributed by atoms with Crippen molar-refractivity contribution in [1.82, 2.24) is 10.2 Å². The van der Waals surface area contributed by atoms with Crippen molar-refractivity contribution in [2.75, 3.05) is 32.4 Å². The van der Waals surface area contributed by atoms with Crippen molar-refractivity contribution in [1.29, 1.82) is 0 Å². The summed E-state index contributed by atoms with van der Waals surface area (Å²) in [7, 11) is 2.21. The maximum Gasteiger partial charge on any atom is 0.0597 e. The van der Waals surface area contributed by atoms with Gasteiger partial charge in [-0.15, -0.1) is 0 Å². The fourth-order valence-corrected chi connectivity index (χ4v) is 3.78. The van der Waals surface area contributed by atoms with Crippen LogP contribution in [0.5, 0.6) is 0 Å². The highest BCUT2D eigenvalue weighted by Gasteiger charge is 2.21. The Bertz CT molecular complexity index is 651. The molecule has 3 N–H and O–H groups in total. The summed E-state index contributed by atoms with van der Waals surface area (Å²) >= 11 is 3.58. The van der Waals surface area contributed by atoms with Crippen molar-refractivity contribution in [2.24, 2.45) is 5.92 Å². The lowest BCUT2D eigenvalue weighted by molar-refractivity contribution is 0.214. The number of hydrogen-bond acceptors (Lipinski definition) is 3. The summed E-state index contributed by atoms with van der Waals surface area (Å²) in [4.78, 5) is 2.41. The number of rotatable bonds is 5. The second kappa shape index (κ2) is 8.15. The average Bonchev–Trinajstić information content (AvgIpc) is 2.60. The first-order valence-electron chi connectivity index (χ1n) is 8.65. The standard InChI is InChI=1S/C20H26BrN3/c1-24-11-9-15(10-12-24)14-23-20(16-5-3-2-4-6-16)18-13-17(21)7-8-19(18)22/h2-8,13,15,20,23H,9-12,14,22H2,1H3/t20-/m1/s1. The molecule has 0 saturated carbocycles. The number of likely N-dealkylation sites (tertiary alicyclic amines) is 1. The first kappa shape index (κ1) is 17.5. The van der Waals surface area contributed by atoms with Crippen LogP contribution < -0.4 is 11.1 Å². The molecule has 0 radical (unpaired) electrons. The molecular formula is C20H26BrN3. The van der Waals surface area contributed by atoms with Gasteiger partial charge in [0.25, 0.3) is 0 Å². The van der Waals surface area contributed by atoms with Crippen molar-refractivity contribution in [3.8, 4) is 0 Å². The Kier molecular flexibility index (Phi) is 5.93. The van der Waals surface area contributed by atoms with Crippen molar-refractivity contribution < 1.29 is 0 Å². The number of benzene rings is 2. The summed E-state index contributed by atoms with van der Waals surface area (Å²) in [6.45, 7) is 3.42. The minimum absolute atomic E-state index is 0.128. The van der Waals surface area contributed by atoms with E-state index in [1.807, 2.05) is 12.1 Å². The molecule has 3 rings (SSSR count). The molecule has 3 nitrogen and oxygen atoms in total. The van der Waals surface area contributed by atoms with Gasteiger partial charge in [0.1, 0.15) is 0 Å². The lowest BCUT2D eigenvalue weighted by Crippen LogP contribution is -2.36. The van der Waals surface area contributed by atoms with Crippen molar-refractivity contribution in [3.63, 3.8) is 0 Å². The monoisotopic (exact) mass is 387 g/mol. The Balaban J connectivity index is 1.79. The third-order valence-corrected chi connectivity index (χ3v) is 5.43. The molecule has 0 aliphatic carbocycles. The summed E-state index contributed by atoms with van der Waals surface area (Å²) in [6, 6.07) is 16.8. The van der Waals surface area contributed by atoms with E-state index in [0.29, 0.717) is 0 Å². The minimum Gasteiger partial charge on any atom is -0.398 e. The summed E-state index contributed by atoms with van der Waals surface area (Å²) in [5.41, 5.74) is 9.52. The third-order valence-electron chi connectivity index (χ3n) is 4.94. The zero-order valence-electron chi connectivity index (χ0n) is 14.2. The molecule has 1 atom stereocenters. The van der Waals surface area contributed by atoms with Crippen LogP contribution in [-0.2, 0) is 0 Å². The van der Waals surface area contributed by atoms with Gasteiger partial charge in [-0.2, -0.15) is 0 Å². The molecule has 1 fully saturated rings. The van der Waals surface area contributed by atoms with Crippen LogP contribution in [0.25, 0.3) is 0 Å². The first-order chi connectivity index (χ1) is 11.6. The molecule has 2 aromatic rings. The predicted molar refractivity (Wildman–Crippen MR) is 105 cm³/mol. The zero-order valence-corrected chi connectivity index (χ0v) is 15.8. The van der Waals surface area contributed by atoms with Crippen molar-refractivity contribution in [3.05, 3.63) is 64.1 Å². The lowest BCUT2D eigenvalue weighted by Gasteiger charge is -2.31. The molecule has 4 heteroatoms. The number of hydrogen-bond donors (Lipinski definition) is 2. The molecule has 0 amide bonds. The number of piperidine rings is 1. The highest BCUT2D eigenvalue weighted by molar-refractivity contribution is 9.10. The Morgan fingerprint density at radius 3 is 2.58 bits per heavy atom. The molecular weight excluding hydrogens is 362 g/mol. The molecule has 0 spiro atoms. The third kappa shape index (κ3) is 4.38. The molecule has 0 bridgehead atoms. The molecule has 128 valence electrons. The second-order valence-electron chi connectivity index (χ2n) is 6.77. The molecule has 0 aromatic heterocycles. The van der Waals surface area contributed by atoms with Crippen LogP contribution in [0.3, 0.4) is 0 Å². The first-order valence-corrected chi connectivity index (χ1v) is 9.44. The Hall–Kier alpha value is -1.36. The van der Waals surface area contributed by atoms with Crippen LogP contribution in [-0.4, -0.2) is 31.6 Å². The van der Waals surface area contributed by atoms with Crippen LogP contribution in [0.15, 0.2) is 53.0 Å². The van der Waals surface area contributed by atoms with Gasteiger partial charge in [-0.1, -0.05) is 46.3 Å². The van der Waals surface area contributed by atoms with Gasteiger partial charge in [-0.3, -0.25) is 0 Å². The fraction of sp³-hybridized carbons (Fsp3) is 0.400. The quantitative estimate of drug-likeness (QED) is 0.760. The van der Waals surface area contributed by atoms with E-state index in [0.717, 1.165) is 28.2 Å². The Morgan fingerprint density at radius 1 is 1.17 bits per heavy atom. The minimum atomic E-state index is 0.128. The molecule has 2 aromatic carbocycles. The molecule has 1 aliphatic heterocycles. The Labute approximate surface area is 153 Å². The van der Waals surface area contributed by atoms with Crippen LogP contribution in [0, 0.1) is 5.92 Å². The second-order valence-corrected chi connectivity index (χ2v) is 7.69. The lowest BCUT2D eigenvalue weighted by atomic mass is 9.94. The molecule has 1 heterocycles. The number of nitrogens with two attached hydrogens (primary N) is 1. The summed E-state index contributed by atoms with van der Waals surface area (Å²) in [5, 5.41) is 3.79. The van der Waals surface area contributed by atoms with Gasteiger partial charge < -0.3 is 16.0 Å². The maximum absolute atomic E-state index is 6.29. The summed E-state index contributed by atoms with van der Waals surface area (Å²) < 4.78 is 1.06. The van der Waals surface area contributed by atoms with Crippen molar-refractivity contribution >= 4 is 21.6 Å². The highest BCUT2D eigenvalue weighted by atomic mass is 79.9. The SMILES string of the molecule is CN1CCC(CN[C@H](c2ccccc2)c2cc(Br)ccc2N)CC1. The van der Waals surface area contributed by atoms with E-state index in [1.165, 1.54) is 31.5 Å². The van der Waals surface area contributed by atoms with Gasteiger partial charge in [0.15, 0.2) is 0 Å². The van der Waals surface area contributed by atoms with Crippen LogP contribution in [0.1, 0.15) is 30.0 Å². The maximum atomic E-state index is 6.29. The molecule has 1 saturated heterocycles. The topological polar surface area (TPSA) is 41.3 Å². The van der Waals surface area contributed by atoms with E-state index in [4.69, 9.17) is 5.73 Å². The summed E-state index contributed by atoms with van der Waals surface area (Å²) in [5.74, 6) is 0.737. The van der Waals surface area contributed by atoms with Crippen LogP contribution >= 0.6 is 15.9 Å². The molecule has 0 unspecified atom stereocenters. The number of anilines is 1. The van der Waals surface area contributed by atoms with E-state index in [2.05, 4.69) is 69.6 Å². The number of nitrogens with one attached hydrogen (secondary N) is 1. The van der Waals surface area contributed by atoms with E-state index in [1.54, 1.807) is 0 Å². The normalized spacial score (nSPS) is 17.8. The molecule has 1 aliphatic rings. The number of nitrogen functional groups attached to an aromatic ring is 1. The fourth-order valence-electron chi connectivity index (χ4n) is 3.40. The largest absolute Gasteiger partial charge is 0.398 e. The average molecular weight is 388 g/mol. The van der Waals surface area contributed by atoms with E-state index >= 15 is 0 Å². The highest BCUT2D eigenvalue weighted by Crippen LogP contribution is 2.30. The van der Waals surface area contributed by atoms with Gasteiger partial charge in [0.2, 0.25) is 0 Å². The Morgan fingerprint density at radius 2 is 1.88 bits per heavy atom. The van der Waals surface area contributed by atoms with Crippen molar-refractivity contribution in [2.45, 2.75) is 18.9 Å².